The fourth-order valence-electron chi connectivity index (χ4n) is 1.76. The van der Waals surface area contributed by atoms with Crippen LogP contribution in [0, 0.1) is 0 Å². The summed E-state index contributed by atoms with van der Waals surface area (Å²) in [5.41, 5.74) is 1.03. The summed E-state index contributed by atoms with van der Waals surface area (Å²) in [6.45, 7) is 2.88. The molecule has 1 aliphatic rings. The summed E-state index contributed by atoms with van der Waals surface area (Å²) in [5.74, 6) is 2.02. The molecule has 1 fully saturated rings. The highest BCUT2D eigenvalue weighted by Gasteiger charge is 2.22. The molecule has 2 heterocycles. The molecule has 2 atom stereocenters. The summed E-state index contributed by atoms with van der Waals surface area (Å²) in [4.78, 5) is 16.0. The smallest absolute Gasteiger partial charge is 0.238 e. The molecule has 2 N–H and O–H groups in total. The number of amides is 1. The van der Waals surface area contributed by atoms with Gasteiger partial charge in [-0.2, -0.15) is 11.8 Å². The maximum Gasteiger partial charge on any atom is 0.238 e. The van der Waals surface area contributed by atoms with Crippen LogP contribution in [0.1, 0.15) is 18.5 Å². The molecule has 0 spiro atoms. The number of carbonyl (C=O) groups is 1. The van der Waals surface area contributed by atoms with E-state index in [1.165, 1.54) is 0 Å². The van der Waals surface area contributed by atoms with E-state index in [0.717, 1.165) is 23.6 Å². The zero-order valence-corrected chi connectivity index (χ0v) is 10.7. The predicted molar refractivity (Wildman–Crippen MR) is 69.9 cm³/mol. The molecule has 1 saturated heterocycles. The standard InChI is InChI=1S/C12H17N3OS/c1-9(10-3-2-4-13-7-10)15-12(16)11-8-17-6-5-14-11/h2-4,7,9,11,14H,5-6,8H2,1H3,(H,15,16)/t9-,11?/m0/s1. The first-order chi connectivity index (χ1) is 8.27. The Hall–Kier alpha value is -1.07. The Bertz CT molecular complexity index is 365. The third-order valence-electron chi connectivity index (χ3n) is 2.78. The Balaban J connectivity index is 1.89. The van der Waals surface area contributed by atoms with Gasteiger partial charge in [-0.15, -0.1) is 0 Å². The van der Waals surface area contributed by atoms with Crippen LogP contribution in [-0.2, 0) is 4.79 Å². The van der Waals surface area contributed by atoms with Crippen LogP contribution in [0.25, 0.3) is 0 Å². The van der Waals surface area contributed by atoms with Crippen LogP contribution < -0.4 is 10.6 Å². The Morgan fingerprint density at radius 1 is 1.71 bits per heavy atom. The summed E-state index contributed by atoms with van der Waals surface area (Å²) in [7, 11) is 0. The zero-order valence-electron chi connectivity index (χ0n) is 9.85. The van der Waals surface area contributed by atoms with Crippen molar-refractivity contribution in [1.29, 1.82) is 0 Å². The molecule has 0 radical (unpaired) electrons. The maximum absolute atomic E-state index is 12.0. The molecular weight excluding hydrogens is 234 g/mol. The molecule has 0 aromatic carbocycles. The maximum atomic E-state index is 12.0. The Labute approximate surface area is 106 Å². The second kappa shape index (κ2) is 6.02. The Kier molecular flexibility index (Phi) is 4.39. The Morgan fingerprint density at radius 2 is 2.59 bits per heavy atom. The summed E-state index contributed by atoms with van der Waals surface area (Å²) in [6, 6.07) is 3.80. The van der Waals surface area contributed by atoms with Crippen LogP contribution in [0.5, 0.6) is 0 Å². The third kappa shape index (κ3) is 3.44. The second-order valence-corrected chi connectivity index (χ2v) is 5.25. The monoisotopic (exact) mass is 251 g/mol. The highest BCUT2D eigenvalue weighted by molar-refractivity contribution is 7.99. The first kappa shape index (κ1) is 12.4. The van der Waals surface area contributed by atoms with Crippen molar-refractivity contribution in [2.24, 2.45) is 0 Å². The van der Waals surface area contributed by atoms with Crippen molar-refractivity contribution in [2.45, 2.75) is 19.0 Å². The highest BCUT2D eigenvalue weighted by atomic mass is 32.2. The van der Waals surface area contributed by atoms with Gasteiger partial charge >= 0.3 is 0 Å². The second-order valence-electron chi connectivity index (χ2n) is 4.10. The summed E-state index contributed by atoms with van der Waals surface area (Å²) >= 11 is 1.82. The van der Waals surface area contributed by atoms with Crippen LogP contribution in [0.3, 0.4) is 0 Å². The van der Waals surface area contributed by atoms with Crippen LogP contribution >= 0.6 is 11.8 Å². The summed E-state index contributed by atoms with van der Waals surface area (Å²) in [6.07, 6.45) is 3.52. The van der Waals surface area contributed by atoms with Crippen molar-refractivity contribution in [3.63, 3.8) is 0 Å². The molecule has 17 heavy (non-hydrogen) atoms. The van der Waals surface area contributed by atoms with Gasteiger partial charge in [0.15, 0.2) is 0 Å². The number of hydrogen-bond donors (Lipinski definition) is 2. The van der Waals surface area contributed by atoms with Crippen LogP contribution in [0.2, 0.25) is 0 Å². The number of nitrogens with one attached hydrogen (secondary N) is 2. The number of nitrogens with zero attached hydrogens (tertiary/aromatic N) is 1. The van der Waals surface area contributed by atoms with E-state index in [0.29, 0.717) is 0 Å². The van der Waals surface area contributed by atoms with Crippen molar-refractivity contribution in [2.75, 3.05) is 18.1 Å². The fourth-order valence-corrected chi connectivity index (χ4v) is 2.70. The lowest BCUT2D eigenvalue weighted by Gasteiger charge is -2.24. The van der Waals surface area contributed by atoms with Gasteiger partial charge < -0.3 is 10.6 Å². The first-order valence-corrected chi connectivity index (χ1v) is 6.94. The minimum Gasteiger partial charge on any atom is -0.348 e. The number of pyridine rings is 1. The van der Waals surface area contributed by atoms with E-state index in [-0.39, 0.29) is 18.0 Å². The average Bonchev–Trinajstić information content (AvgIpc) is 2.40. The Morgan fingerprint density at radius 3 is 3.24 bits per heavy atom. The molecule has 0 aliphatic carbocycles. The zero-order chi connectivity index (χ0) is 12.1. The third-order valence-corrected chi connectivity index (χ3v) is 3.84. The summed E-state index contributed by atoms with van der Waals surface area (Å²) < 4.78 is 0. The molecule has 2 rings (SSSR count). The van der Waals surface area contributed by atoms with Crippen LogP contribution in [-0.4, -0.2) is 35.0 Å². The normalized spacial score (nSPS) is 21.8. The molecule has 4 nitrogen and oxygen atoms in total. The van der Waals surface area contributed by atoms with E-state index in [1.54, 1.807) is 12.4 Å². The molecule has 5 heteroatoms. The topological polar surface area (TPSA) is 54.0 Å². The molecule has 92 valence electrons. The quantitative estimate of drug-likeness (QED) is 0.840. The van der Waals surface area contributed by atoms with E-state index >= 15 is 0 Å². The number of rotatable bonds is 3. The molecule has 1 aliphatic heterocycles. The van der Waals surface area contributed by atoms with E-state index < -0.39 is 0 Å². The van der Waals surface area contributed by atoms with E-state index in [9.17, 15) is 4.79 Å². The predicted octanol–water partition coefficient (Wildman–Crippen LogP) is 0.964. The van der Waals surface area contributed by atoms with Gasteiger partial charge in [0.05, 0.1) is 12.1 Å². The number of thioether (sulfide) groups is 1. The molecule has 1 aromatic rings. The lowest BCUT2D eigenvalue weighted by molar-refractivity contribution is -0.123. The number of carbonyl (C=O) groups excluding carboxylic acids is 1. The van der Waals surface area contributed by atoms with Gasteiger partial charge in [0, 0.05) is 30.4 Å². The highest BCUT2D eigenvalue weighted by Crippen LogP contribution is 2.12. The number of aromatic nitrogens is 1. The lowest BCUT2D eigenvalue weighted by atomic mass is 10.1. The molecule has 0 saturated carbocycles. The van der Waals surface area contributed by atoms with Crippen LogP contribution in [0.4, 0.5) is 0 Å². The van der Waals surface area contributed by atoms with Crippen molar-refractivity contribution in [3.05, 3.63) is 30.1 Å². The van der Waals surface area contributed by atoms with Gasteiger partial charge in [0.2, 0.25) is 5.91 Å². The molecule has 1 aromatic heterocycles. The van der Waals surface area contributed by atoms with Crippen LogP contribution in [0.15, 0.2) is 24.5 Å². The van der Waals surface area contributed by atoms with Crippen molar-refractivity contribution in [1.82, 2.24) is 15.6 Å². The van der Waals surface area contributed by atoms with Crippen molar-refractivity contribution >= 4 is 17.7 Å². The summed E-state index contributed by atoms with van der Waals surface area (Å²) in [5, 5.41) is 6.24. The van der Waals surface area contributed by atoms with Gasteiger partial charge in [-0.05, 0) is 18.6 Å². The molecule has 1 unspecified atom stereocenters. The van der Waals surface area contributed by atoms with Gasteiger partial charge in [-0.1, -0.05) is 6.07 Å². The van der Waals surface area contributed by atoms with E-state index in [2.05, 4.69) is 15.6 Å². The molecular formula is C12H17N3OS. The minimum absolute atomic E-state index is 0.00456. The van der Waals surface area contributed by atoms with Gasteiger partial charge in [0.25, 0.3) is 0 Å². The largest absolute Gasteiger partial charge is 0.348 e. The lowest BCUT2D eigenvalue weighted by Crippen LogP contribution is -2.49. The molecule has 0 bridgehead atoms. The van der Waals surface area contributed by atoms with Gasteiger partial charge in [-0.25, -0.2) is 0 Å². The van der Waals surface area contributed by atoms with E-state index in [1.807, 2.05) is 30.8 Å². The number of hydrogen-bond acceptors (Lipinski definition) is 4. The average molecular weight is 251 g/mol. The minimum atomic E-state index is -0.0622. The van der Waals surface area contributed by atoms with E-state index in [4.69, 9.17) is 0 Å². The van der Waals surface area contributed by atoms with Crippen molar-refractivity contribution < 1.29 is 4.79 Å². The van der Waals surface area contributed by atoms with Crippen molar-refractivity contribution in [3.8, 4) is 0 Å². The molecule has 1 amide bonds. The van der Waals surface area contributed by atoms with Gasteiger partial charge in [0.1, 0.15) is 0 Å². The van der Waals surface area contributed by atoms with Gasteiger partial charge in [-0.3, -0.25) is 9.78 Å². The SMILES string of the molecule is C[C@H](NC(=O)C1CSCCN1)c1cccnc1. The first-order valence-electron chi connectivity index (χ1n) is 5.79. The fraction of sp³-hybridized carbons (Fsp3) is 0.500.